The van der Waals surface area contributed by atoms with Gasteiger partial charge in [-0.15, -0.1) is 0 Å². The van der Waals surface area contributed by atoms with Crippen LogP contribution in [0.2, 0.25) is 0 Å². The van der Waals surface area contributed by atoms with Crippen molar-refractivity contribution in [2.24, 2.45) is 0 Å². The minimum absolute atomic E-state index is 0. The molecule has 0 fully saturated rings. The van der Waals surface area contributed by atoms with Crippen molar-refractivity contribution in [2.45, 2.75) is 6.68 Å². The third kappa shape index (κ3) is 215. The molecule has 0 radical (unpaired) electrons. The summed E-state index contributed by atoms with van der Waals surface area (Å²) in [5.41, 5.74) is 0. The van der Waals surface area contributed by atoms with Gasteiger partial charge < -0.3 is 15.1 Å². The average molecular weight is 285 g/mol. The Kier molecular flexibility index (Phi) is 60.9. The van der Waals surface area contributed by atoms with Crippen LogP contribution in [0.15, 0.2) is 0 Å². The summed E-state index contributed by atoms with van der Waals surface area (Å²) in [5, 5.41) is 24.0. The topological polar surface area (TPSA) is 124 Å². The van der Waals surface area contributed by atoms with Crippen molar-refractivity contribution in [1.82, 2.24) is 0 Å². The normalized spacial score (nSPS) is 6.28. The molecule has 0 heterocycles. The molecule has 0 aliphatic rings. The Morgan fingerprint density at radius 1 is 1.06 bits per heavy atom. The Morgan fingerprint density at radius 2 is 1.11 bits per heavy atom. The summed E-state index contributed by atoms with van der Waals surface area (Å²) in [5.74, 6) is 0. The molecule has 0 saturated heterocycles. The molecule has 6 nitrogen and oxygen atoms in total. The van der Waals surface area contributed by atoms with Crippen molar-refractivity contribution in [1.29, 1.82) is 4.78 Å². The fourth-order valence-corrected chi connectivity index (χ4v) is 0. The van der Waals surface area contributed by atoms with Crippen molar-refractivity contribution < 1.29 is 84.3 Å². The molecule has 0 atom stereocenters. The monoisotopic (exact) mass is 285 g/mol. The van der Waals surface area contributed by atoms with Gasteiger partial charge in [0.05, 0.1) is 7.32 Å². The summed E-state index contributed by atoms with van der Waals surface area (Å²) in [7, 11) is -2.67. The fourth-order valence-electron chi connectivity index (χ4n) is 0. The van der Waals surface area contributed by atoms with Gasteiger partial charge in [0.1, 0.15) is 0 Å². The van der Waals surface area contributed by atoms with E-state index in [1.807, 2.05) is 0 Å². The van der Waals surface area contributed by atoms with Gasteiger partial charge in [-0.05, 0) is 0 Å². The molecule has 0 aliphatic heterocycles. The molecule has 2 N–H and O–H groups in total. The largest absolute Gasteiger partial charge is 1.00 e. The van der Waals surface area contributed by atoms with E-state index in [0.717, 1.165) is 0 Å². The third-order valence-corrected chi connectivity index (χ3v) is 0.155. The van der Waals surface area contributed by atoms with E-state index in [1.165, 1.54) is 0 Å². The van der Waals surface area contributed by atoms with Crippen LogP contribution in [0.5, 0.6) is 0 Å². The molecule has 0 unspecified atom stereocenters. The van der Waals surface area contributed by atoms with E-state index < -0.39 is 26.1 Å². The fraction of sp³-hybridized carbons (Fsp3) is 0.333. The number of hydrogen-bond donors (Lipinski definition) is 2. The first-order valence-corrected chi connectivity index (χ1v) is 3.03. The molecule has 0 aliphatic carbocycles. The summed E-state index contributed by atoms with van der Waals surface area (Å²) in [6.07, 6.45) is 0. The number of rotatable bonds is 1. The van der Waals surface area contributed by atoms with Crippen LogP contribution in [0.1, 0.15) is 0 Å². The Hall–Kier alpha value is 0.150. The minimum atomic E-state index is -3.67. The summed E-state index contributed by atoms with van der Waals surface area (Å²) in [6, 6.07) is -5.09. The third-order valence-electron chi connectivity index (χ3n) is 0.155. The molecule has 96 valence electrons. The minimum Gasteiger partial charge on any atom is -0.871 e. The summed E-state index contributed by atoms with van der Waals surface area (Å²) in [4.78, 5) is 17.5. The number of halogens is 5. The predicted octanol–water partition coefficient (Wildman–Crippen LogP) is -7.86. The molecular weight excluding hydrogens is 282 g/mol. The van der Waals surface area contributed by atoms with Gasteiger partial charge >= 0.3 is 56.5 Å². The molecule has 0 amide bonds. The van der Waals surface area contributed by atoms with E-state index in [-0.39, 0.29) is 37.7 Å². The quantitative estimate of drug-likeness (QED) is 0.213. The molecule has 0 spiro atoms. The maximum absolute atomic E-state index is 10.5. The molecule has 15 heteroatoms. The van der Waals surface area contributed by atoms with E-state index in [1.54, 1.807) is 0 Å². The van der Waals surface area contributed by atoms with Crippen LogP contribution in [0.4, 0.5) is 22.0 Å². The van der Waals surface area contributed by atoms with Crippen LogP contribution in [-0.2, 0) is 22.0 Å². The number of alkyl halides is 3. The van der Waals surface area contributed by atoms with E-state index in [0.29, 0.717) is 0 Å². The van der Waals surface area contributed by atoms with Crippen LogP contribution in [0, 0.1) is 4.78 Å². The van der Waals surface area contributed by atoms with Gasteiger partial charge in [-0.25, -0.2) is 14.4 Å². The molecular formula is C3H3BF5Li2NO5S. The van der Waals surface area contributed by atoms with E-state index in [4.69, 9.17) is 29.4 Å². The van der Waals surface area contributed by atoms with E-state index in [2.05, 4.69) is 12.4 Å². The standard InChI is InChI=1S/C2F2O2.CHF3.BHO3.2Li.HNS/c3-1(5)2(4)6;2*2-1(3)4;;;1-2/h;1H;2H;;;1H/q;;-2;2*+1;. The van der Waals surface area contributed by atoms with Gasteiger partial charge in [-0.3, -0.25) is 0 Å². The van der Waals surface area contributed by atoms with Gasteiger partial charge in [0.2, 0.25) is 0 Å². The van der Waals surface area contributed by atoms with Gasteiger partial charge in [0.15, 0.2) is 0 Å². The van der Waals surface area contributed by atoms with Crippen LogP contribution in [0.25, 0.3) is 0 Å². The first-order valence-electron chi connectivity index (χ1n) is 2.62. The van der Waals surface area contributed by atoms with Gasteiger partial charge in [-0.1, -0.05) is 0 Å². The van der Waals surface area contributed by atoms with Crippen molar-refractivity contribution in [2.75, 3.05) is 0 Å². The van der Waals surface area contributed by atoms with Crippen molar-refractivity contribution in [3.8, 4) is 0 Å². The average Bonchev–Trinajstić information content (AvgIpc) is 2.05. The second-order valence-electron chi connectivity index (χ2n) is 1.10. The number of carbonyl (C=O) groups excluding carboxylic acids is 2. The Bertz CT molecular complexity index is 171. The first-order chi connectivity index (χ1) is 7.11. The SMILES string of the molecule is FC(F)F.N=S.O=C(F)C(=O)F.[Li+].[Li+].[O-]B([O-])O. The van der Waals surface area contributed by atoms with Gasteiger partial charge in [0, 0.05) is 12.4 Å². The zero-order valence-corrected chi connectivity index (χ0v) is 9.85. The molecule has 0 aromatic carbocycles. The molecule has 0 saturated carbocycles. The molecule has 0 aromatic heterocycles. The summed E-state index contributed by atoms with van der Waals surface area (Å²) >= 11 is 3.33. The van der Waals surface area contributed by atoms with Crippen molar-refractivity contribution in [3.05, 3.63) is 0 Å². The smallest absolute Gasteiger partial charge is 0.871 e. The van der Waals surface area contributed by atoms with Gasteiger partial charge in [-0.2, -0.15) is 22.0 Å². The summed E-state index contributed by atoms with van der Waals surface area (Å²) in [6.45, 7) is -3.67. The number of nitrogens with one attached hydrogen (secondary N) is 1. The molecule has 0 bridgehead atoms. The Morgan fingerprint density at radius 3 is 1.11 bits per heavy atom. The maximum atomic E-state index is 10.5. The Labute approximate surface area is 127 Å². The van der Waals surface area contributed by atoms with Gasteiger partial charge in [0.25, 0.3) is 0 Å². The maximum Gasteiger partial charge on any atom is 1.00 e. The zero-order chi connectivity index (χ0) is 14.3. The second-order valence-corrected chi connectivity index (χ2v) is 1.10. The predicted molar refractivity (Wildman–Crippen MR) is 37.4 cm³/mol. The van der Waals surface area contributed by atoms with E-state index >= 15 is 0 Å². The molecule has 0 aromatic rings. The number of hydrogen-bond acceptors (Lipinski definition) is 7. The van der Waals surface area contributed by atoms with E-state index in [9.17, 15) is 22.0 Å². The first kappa shape index (κ1) is 36.2. The van der Waals surface area contributed by atoms with Crippen LogP contribution in [0.3, 0.4) is 0 Å². The van der Waals surface area contributed by atoms with Crippen molar-refractivity contribution in [3.63, 3.8) is 0 Å². The molecule has 18 heavy (non-hydrogen) atoms. The molecule has 0 rings (SSSR count). The van der Waals surface area contributed by atoms with Crippen molar-refractivity contribution >= 4 is 31.8 Å². The summed E-state index contributed by atoms with van der Waals surface area (Å²) < 4.78 is 55.3. The van der Waals surface area contributed by atoms with Crippen LogP contribution >= 0.6 is 0 Å². The second kappa shape index (κ2) is 30.3. The number of carbonyl (C=O) groups is 2. The van der Waals surface area contributed by atoms with Crippen LogP contribution in [-0.4, -0.2) is 31.1 Å². The van der Waals surface area contributed by atoms with Crippen LogP contribution < -0.4 is 47.8 Å². The zero-order valence-electron chi connectivity index (χ0n) is 9.03. The Balaban J connectivity index is -0.0000000272.